The van der Waals surface area contributed by atoms with E-state index < -0.39 is 18.0 Å². The first kappa shape index (κ1) is 17.5. The zero-order valence-electron chi connectivity index (χ0n) is 13.6. The lowest BCUT2D eigenvalue weighted by Crippen LogP contribution is -2.33. The summed E-state index contributed by atoms with van der Waals surface area (Å²) in [5.41, 5.74) is 0.379. The maximum atomic E-state index is 14.0. The molecule has 1 aromatic rings. The largest absolute Gasteiger partial charge is 0.487 e. The van der Waals surface area contributed by atoms with Gasteiger partial charge in [0.1, 0.15) is 0 Å². The van der Waals surface area contributed by atoms with Crippen LogP contribution in [-0.4, -0.2) is 29.9 Å². The van der Waals surface area contributed by atoms with Gasteiger partial charge in [-0.2, -0.15) is 0 Å². The summed E-state index contributed by atoms with van der Waals surface area (Å²) in [5.74, 6) is -0.0841. The minimum absolute atomic E-state index is 0.113. The van der Waals surface area contributed by atoms with Gasteiger partial charge in [-0.1, -0.05) is 6.92 Å². The molecule has 0 heterocycles. The van der Waals surface area contributed by atoms with Crippen LogP contribution in [0.25, 0.3) is 0 Å². The molecular weight excluding hydrogens is 299 g/mol. The smallest absolute Gasteiger partial charge is 0.319 e. The predicted octanol–water partition coefficient (Wildman–Crippen LogP) is 3.29. The number of aliphatic hydroxyl groups is 1. The third-order valence-corrected chi connectivity index (χ3v) is 3.89. The number of ether oxygens (including phenoxy) is 1. The fourth-order valence-electron chi connectivity index (χ4n) is 2.45. The average molecular weight is 324 g/mol. The Bertz CT molecular complexity index is 533. The number of carbonyl (C=O) groups is 1. The third-order valence-electron chi connectivity index (χ3n) is 3.89. The molecule has 2 amide bonds. The minimum atomic E-state index is -0.475. The molecule has 0 saturated heterocycles. The lowest BCUT2D eigenvalue weighted by atomic mass is 9.96. The van der Waals surface area contributed by atoms with E-state index in [1.54, 1.807) is 19.1 Å². The second-order valence-corrected chi connectivity index (χ2v) is 6.34. The Morgan fingerprint density at radius 2 is 2.17 bits per heavy atom. The van der Waals surface area contributed by atoms with Crippen LogP contribution in [0.1, 0.15) is 39.5 Å². The van der Waals surface area contributed by atoms with Crippen molar-refractivity contribution in [2.75, 3.05) is 11.9 Å². The van der Waals surface area contributed by atoms with E-state index in [2.05, 4.69) is 10.6 Å². The molecular formula is C17H25FN2O3. The van der Waals surface area contributed by atoms with Gasteiger partial charge in [0.05, 0.1) is 12.2 Å². The number of hydrogen-bond donors (Lipinski definition) is 3. The molecule has 1 aromatic carbocycles. The standard InChI is InChI=1S/C17H25FN2O3/c1-11(8-12(2)21)10-19-17(22)20-13-6-7-16(15(18)9-13)23-14-4-3-5-14/h6-7,9,11-12,14,21H,3-5,8,10H2,1-2H3,(H2,19,20,22). The quantitative estimate of drug-likeness (QED) is 0.721. The molecule has 6 heteroatoms. The molecule has 0 bridgehead atoms. The number of aliphatic hydroxyl groups excluding tert-OH is 1. The Labute approximate surface area is 136 Å². The number of nitrogens with one attached hydrogen (secondary N) is 2. The molecule has 2 unspecified atom stereocenters. The van der Waals surface area contributed by atoms with Crippen LogP contribution in [0, 0.1) is 11.7 Å². The zero-order valence-corrected chi connectivity index (χ0v) is 13.6. The molecule has 1 aliphatic carbocycles. The fourth-order valence-corrected chi connectivity index (χ4v) is 2.45. The van der Waals surface area contributed by atoms with Gasteiger partial charge in [-0.3, -0.25) is 0 Å². The van der Waals surface area contributed by atoms with Gasteiger partial charge in [0, 0.05) is 18.3 Å². The highest BCUT2D eigenvalue weighted by Gasteiger charge is 2.20. The van der Waals surface area contributed by atoms with Crippen molar-refractivity contribution in [1.29, 1.82) is 0 Å². The second-order valence-electron chi connectivity index (χ2n) is 6.34. The molecule has 128 valence electrons. The number of rotatable bonds is 7. The Kier molecular flexibility index (Phi) is 6.21. The predicted molar refractivity (Wildman–Crippen MR) is 87.2 cm³/mol. The van der Waals surface area contributed by atoms with Gasteiger partial charge in [-0.05, 0) is 50.7 Å². The van der Waals surface area contributed by atoms with Crippen LogP contribution in [0.4, 0.5) is 14.9 Å². The van der Waals surface area contributed by atoms with Crippen molar-refractivity contribution in [3.8, 4) is 5.75 Å². The molecule has 0 radical (unpaired) electrons. The summed E-state index contributed by atoms with van der Waals surface area (Å²) in [4.78, 5) is 11.8. The lowest BCUT2D eigenvalue weighted by Gasteiger charge is -2.26. The Hall–Kier alpha value is -1.82. The lowest BCUT2D eigenvalue weighted by molar-refractivity contribution is 0.115. The van der Waals surface area contributed by atoms with Gasteiger partial charge in [0.25, 0.3) is 0 Å². The first-order chi connectivity index (χ1) is 10.9. The van der Waals surface area contributed by atoms with Crippen molar-refractivity contribution in [2.24, 2.45) is 5.92 Å². The van der Waals surface area contributed by atoms with Crippen molar-refractivity contribution in [2.45, 2.75) is 51.7 Å². The third kappa shape index (κ3) is 5.71. The first-order valence-corrected chi connectivity index (χ1v) is 8.13. The monoisotopic (exact) mass is 324 g/mol. The molecule has 1 fully saturated rings. The first-order valence-electron chi connectivity index (χ1n) is 8.13. The van der Waals surface area contributed by atoms with E-state index in [1.807, 2.05) is 6.92 Å². The number of halogens is 1. The summed E-state index contributed by atoms with van der Waals surface area (Å²) < 4.78 is 19.5. The summed E-state index contributed by atoms with van der Waals surface area (Å²) in [6.45, 7) is 4.11. The van der Waals surface area contributed by atoms with E-state index in [0.29, 0.717) is 18.7 Å². The van der Waals surface area contributed by atoms with Crippen LogP contribution in [0.3, 0.4) is 0 Å². The summed E-state index contributed by atoms with van der Waals surface area (Å²) in [6, 6.07) is 4.02. The maximum absolute atomic E-state index is 14.0. The van der Waals surface area contributed by atoms with E-state index in [0.717, 1.165) is 19.3 Å². The zero-order chi connectivity index (χ0) is 16.8. The average Bonchev–Trinajstić information content (AvgIpc) is 2.41. The molecule has 0 aromatic heterocycles. The molecule has 0 aliphatic heterocycles. The molecule has 1 saturated carbocycles. The maximum Gasteiger partial charge on any atom is 0.319 e. The van der Waals surface area contributed by atoms with E-state index in [-0.39, 0.29) is 17.8 Å². The summed E-state index contributed by atoms with van der Waals surface area (Å²) >= 11 is 0. The normalized spacial score (nSPS) is 17.0. The van der Waals surface area contributed by atoms with Crippen molar-refractivity contribution < 1.29 is 19.0 Å². The highest BCUT2D eigenvalue weighted by molar-refractivity contribution is 5.89. The van der Waals surface area contributed by atoms with Crippen LogP contribution in [-0.2, 0) is 0 Å². The molecule has 1 aliphatic rings. The van der Waals surface area contributed by atoms with Crippen LogP contribution in [0.2, 0.25) is 0 Å². The van der Waals surface area contributed by atoms with Crippen molar-refractivity contribution in [3.63, 3.8) is 0 Å². The molecule has 23 heavy (non-hydrogen) atoms. The highest BCUT2D eigenvalue weighted by Crippen LogP contribution is 2.28. The van der Waals surface area contributed by atoms with Crippen LogP contribution >= 0.6 is 0 Å². The van der Waals surface area contributed by atoms with Crippen LogP contribution in [0.15, 0.2) is 18.2 Å². The topological polar surface area (TPSA) is 70.6 Å². The van der Waals surface area contributed by atoms with E-state index in [9.17, 15) is 14.3 Å². The molecule has 2 atom stereocenters. The van der Waals surface area contributed by atoms with Gasteiger partial charge in [-0.15, -0.1) is 0 Å². The van der Waals surface area contributed by atoms with E-state index in [4.69, 9.17) is 4.74 Å². The van der Waals surface area contributed by atoms with Gasteiger partial charge >= 0.3 is 6.03 Å². The Morgan fingerprint density at radius 1 is 1.43 bits per heavy atom. The number of amides is 2. The number of hydrogen-bond acceptors (Lipinski definition) is 3. The number of anilines is 1. The van der Waals surface area contributed by atoms with Gasteiger partial charge in [0.2, 0.25) is 0 Å². The van der Waals surface area contributed by atoms with Gasteiger partial charge < -0.3 is 20.5 Å². The molecule has 5 nitrogen and oxygen atoms in total. The van der Waals surface area contributed by atoms with Crippen molar-refractivity contribution >= 4 is 11.7 Å². The second kappa shape index (κ2) is 8.15. The summed E-state index contributed by atoms with van der Waals surface area (Å²) in [5, 5.41) is 14.6. The fraction of sp³-hybridized carbons (Fsp3) is 0.588. The summed E-state index contributed by atoms with van der Waals surface area (Å²) in [6.07, 6.45) is 3.38. The number of urea groups is 1. The minimum Gasteiger partial charge on any atom is -0.487 e. The number of carbonyl (C=O) groups excluding carboxylic acids is 1. The van der Waals surface area contributed by atoms with Gasteiger partial charge in [-0.25, -0.2) is 9.18 Å². The van der Waals surface area contributed by atoms with Gasteiger partial charge in [0.15, 0.2) is 11.6 Å². The van der Waals surface area contributed by atoms with Crippen LogP contribution in [0.5, 0.6) is 5.75 Å². The van der Waals surface area contributed by atoms with E-state index >= 15 is 0 Å². The van der Waals surface area contributed by atoms with E-state index in [1.165, 1.54) is 6.07 Å². The number of benzene rings is 1. The van der Waals surface area contributed by atoms with Crippen molar-refractivity contribution in [1.82, 2.24) is 5.32 Å². The van der Waals surface area contributed by atoms with Crippen LogP contribution < -0.4 is 15.4 Å². The molecule has 2 rings (SSSR count). The molecule has 0 spiro atoms. The Morgan fingerprint density at radius 3 is 2.74 bits per heavy atom. The summed E-state index contributed by atoms with van der Waals surface area (Å²) in [7, 11) is 0. The Balaban J connectivity index is 1.80. The van der Waals surface area contributed by atoms with Crippen molar-refractivity contribution in [3.05, 3.63) is 24.0 Å². The highest BCUT2D eigenvalue weighted by atomic mass is 19.1. The SMILES string of the molecule is CC(O)CC(C)CNC(=O)Nc1ccc(OC2CCC2)c(F)c1. The molecule has 3 N–H and O–H groups in total.